The fraction of sp³-hybridized carbons (Fsp3) is 0.688. The zero-order chi connectivity index (χ0) is 16.8. The van der Waals surface area contributed by atoms with Crippen LogP contribution in [0.1, 0.15) is 26.7 Å². The quantitative estimate of drug-likeness (QED) is 0.827. The second-order valence-electron chi connectivity index (χ2n) is 6.35. The van der Waals surface area contributed by atoms with E-state index in [0.29, 0.717) is 32.0 Å². The van der Waals surface area contributed by atoms with E-state index in [1.54, 1.807) is 19.3 Å². The molecule has 1 aromatic rings. The van der Waals surface area contributed by atoms with Gasteiger partial charge in [-0.15, -0.1) is 0 Å². The number of nitrogens with one attached hydrogen (secondary N) is 1. The van der Waals surface area contributed by atoms with Gasteiger partial charge in [-0.05, 0) is 12.3 Å². The summed E-state index contributed by atoms with van der Waals surface area (Å²) in [7, 11) is 1.63. The van der Waals surface area contributed by atoms with Crippen molar-refractivity contribution in [2.24, 2.45) is 13.0 Å². The summed E-state index contributed by atoms with van der Waals surface area (Å²) in [6, 6.07) is 1.60. The summed E-state index contributed by atoms with van der Waals surface area (Å²) in [5.74, 6) is 0.452. The molecule has 1 aromatic heterocycles. The van der Waals surface area contributed by atoms with Crippen molar-refractivity contribution in [2.75, 3.05) is 31.1 Å². The van der Waals surface area contributed by atoms with Crippen molar-refractivity contribution in [1.29, 1.82) is 0 Å². The predicted octanol–water partition coefficient (Wildman–Crippen LogP) is 0.538. The van der Waals surface area contributed by atoms with Crippen molar-refractivity contribution in [3.63, 3.8) is 0 Å². The van der Waals surface area contributed by atoms with Crippen LogP contribution in [0, 0.1) is 5.92 Å². The lowest BCUT2D eigenvalue weighted by Crippen LogP contribution is -2.44. The molecule has 0 radical (unpaired) electrons. The van der Waals surface area contributed by atoms with E-state index in [-0.39, 0.29) is 17.6 Å². The van der Waals surface area contributed by atoms with Crippen LogP contribution in [-0.4, -0.2) is 48.0 Å². The molecule has 1 aliphatic heterocycles. The molecule has 1 amide bonds. The van der Waals surface area contributed by atoms with Gasteiger partial charge in [-0.2, -0.15) is 5.10 Å². The number of hydrogen-bond donors (Lipinski definition) is 1. The van der Waals surface area contributed by atoms with Gasteiger partial charge >= 0.3 is 0 Å². The summed E-state index contributed by atoms with van der Waals surface area (Å²) in [5, 5.41) is 6.99. The summed E-state index contributed by atoms with van der Waals surface area (Å²) >= 11 is 0. The van der Waals surface area contributed by atoms with Gasteiger partial charge in [-0.1, -0.05) is 13.8 Å². The molecule has 0 spiro atoms. The third-order valence-corrected chi connectivity index (χ3v) is 3.84. The average Bonchev–Trinajstić information content (AvgIpc) is 2.49. The number of anilines is 1. The highest BCUT2D eigenvalue weighted by Gasteiger charge is 2.21. The number of aryl methyl sites for hydroxylation is 1. The second kappa shape index (κ2) is 8.10. The van der Waals surface area contributed by atoms with Crippen LogP contribution in [0.25, 0.3) is 0 Å². The molecule has 0 aliphatic carbocycles. The monoisotopic (exact) mass is 322 g/mol. The first-order valence-corrected chi connectivity index (χ1v) is 8.12. The highest BCUT2D eigenvalue weighted by Crippen LogP contribution is 2.16. The molecule has 1 atom stereocenters. The van der Waals surface area contributed by atoms with E-state index in [2.05, 4.69) is 15.3 Å². The molecule has 2 heterocycles. The van der Waals surface area contributed by atoms with E-state index in [0.717, 1.165) is 18.7 Å². The van der Waals surface area contributed by atoms with Crippen molar-refractivity contribution in [3.05, 3.63) is 22.6 Å². The average molecular weight is 322 g/mol. The van der Waals surface area contributed by atoms with Crippen molar-refractivity contribution in [2.45, 2.75) is 32.8 Å². The van der Waals surface area contributed by atoms with E-state index >= 15 is 0 Å². The highest BCUT2D eigenvalue weighted by atomic mass is 16.5. The minimum atomic E-state index is -0.119. The van der Waals surface area contributed by atoms with Gasteiger partial charge < -0.3 is 15.0 Å². The third-order valence-electron chi connectivity index (χ3n) is 3.84. The zero-order valence-corrected chi connectivity index (χ0v) is 14.1. The minimum absolute atomic E-state index is 0.0483. The normalized spacial score (nSPS) is 18.3. The molecule has 1 fully saturated rings. The Morgan fingerprint density at radius 2 is 2.30 bits per heavy atom. The largest absolute Gasteiger partial charge is 0.374 e. The van der Waals surface area contributed by atoms with Crippen LogP contribution in [0.5, 0.6) is 0 Å². The number of amides is 1. The van der Waals surface area contributed by atoms with E-state index in [9.17, 15) is 9.59 Å². The second-order valence-corrected chi connectivity index (χ2v) is 6.35. The molecular formula is C16H26N4O3. The lowest BCUT2D eigenvalue weighted by atomic mass is 10.1. The van der Waals surface area contributed by atoms with E-state index < -0.39 is 0 Å². The van der Waals surface area contributed by atoms with Crippen LogP contribution in [0.4, 0.5) is 5.69 Å². The molecule has 2 rings (SSSR count). The third kappa shape index (κ3) is 5.35. The maximum atomic E-state index is 11.7. The van der Waals surface area contributed by atoms with Gasteiger partial charge in [-0.25, -0.2) is 4.68 Å². The first-order valence-electron chi connectivity index (χ1n) is 8.12. The topological polar surface area (TPSA) is 76.5 Å². The predicted molar refractivity (Wildman–Crippen MR) is 88.5 cm³/mol. The number of aromatic nitrogens is 2. The van der Waals surface area contributed by atoms with Crippen LogP contribution in [-0.2, 0) is 16.6 Å². The molecule has 1 aliphatic rings. The first kappa shape index (κ1) is 17.5. The summed E-state index contributed by atoms with van der Waals surface area (Å²) in [4.78, 5) is 25.4. The molecule has 7 heteroatoms. The van der Waals surface area contributed by atoms with E-state index in [1.807, 2.05) is 13.8 Å². The number of nitrogens with zero attached hydrogens (tertiary/aromatic N) is 3. The maximum absolute atomic E-state index is 11.7. The molecule has 0 bridgehead atoms. The van der Waals surface area contributed by atoms with Gasteiger partial charge in [0.15, 0.2) is 0 Å². The number of carbonyl (C=O) groups excluding carboxylic acids is 1. The van der Waals surface area contributed by atoms with Crippen molar-refractivity contribution in [1.82, 2.24) is 15.1 Å². The number of ether oxygens (including phenoxy) is 1. The lowest BCUT2D eigenvalue weighted by Gasteiger charge is -2.34. The van der Waals surface area contributed by atoms with Crippen molar-refractivity contribution < 1.29 is 9.53 Å². The first-order chi connectivity index (χ1) is 11.0. The number of hydrogen-bond acceptors (Lipinski definition) is 5. The van der Waals surface area contributed by atoms with Crippen LogP contribution in [0.2, 0.25) is 0 Å². The molecular weight excluding hydrogens is 296 g/mol. The zero-order valence-electron chi connectivity index (χ0n) is 14.1. The molecule has 23 heavy (non-hydrogen) atoms. The van der Waals surface area contributed by atoms with Gasteiger partial charge in [0, 0.05) is 39.2 Å². The van der Waals surface area contributed by atoms with Gasteiger partial charge in [0.2, 0.25) is 5.91 Å². The molecule has 1 N–H and O–H groups in total. The number of carbonyl (C=O) groups is 1. The summed E-state index contributed by atoms with van der Waals surface area (Å²) in [5.41, 5.74) is 0.705. The summed E-state index contributed by atoms with van der Waals surface area (Å²) in [6.45, 7) is 6.72. The molecule has 1 saturated heterocycles. The Hall–Kier alpha value is -1.89. The smallest absolute Gasteiger partial charge is 0.268 e. The Kier molecular flexibility index (Phi) is 6.15. The molecule has 0 unspecified atom stereocenters. The summed E-state index contributed by atoms with van der Waals surface area (Å²) in [6.07, 6.45) is 3.07. The highest BCUT2D eigenvalue weighted by molar-refractivity contribution is 5.75. The van der Waals surface area contributed by atoms with Crippen molar-refractivity contribution >= 4 is 11.6 Å². The van der Waals surface area contributed by atoms with E-state index in [1.165, 1.54) is 4.68 Å². The Morgan fingerprint density at radius 1 is 1.52 bits per heavy atom. The fourth-order valence-electron chi connectivity index (χ4n) is 2.58. The molecule has 7 nitrogen and oxygen atoms in total. The maximum Gasteiger partial charge on any atom is 0.268 e. The molecule has 0 saturated carbocycles. The van der Waals surface area contributed by atoms with Gasteiger partial charge in [-0.3, -0.25) is 9.59 Å². The Bertz CT molecular complexity index is 585. The number of morpholine rings is 1. The van der Waals surface area contributed by atoms with Crippen LogP contribution in [0.15, 0.2) is 17.1 Å². The summed E-state index contributed by atoms with van der Waals surface area (Å²) < 4.78 is 7.06. The molecule has 0 aromatic carbocycles. The molecule has 128 valence electrons. The lowest BCUT2D eigenvalue weighted by molar-refractivity contribution is -0.121. The Balaban J connectivity index is 1.82. The van der Waals surface area contributed by atoms with Crippen LogP contribution >= 0.6 is 0 Å². The van der Waals surface area contributed by atoms with Crippen LogP contribution in [0.3, 0.4) is 0 Å². The van der Waals surface area contributed by atoms with Gasteiger partial charge in [0.1, 0.15) is 0 Å². The number of rotatable bonds is 6. The van der Waals surface area contributed by atoms with Gasteiger partial charge in [0.05, 0.1) is 24.6 Å². The fourth-order valence-corrected chi connectivity index (χ4v) is 2.58. The minimum Gasteiger partial charge on any atom is -0.374 e. The van der Waals surface area contributed by atoms with E-state index in [4.69, 9.17) is 4.74 Å². The Morgan fingerprint density at radius 3 is 3.00 bits per heavy atom. The Labute approximate surface area is 136 Å². The SMILES string of the molecule is CC(C)CC(=O)NCC[C@H]1CN(c2cnn(C)c(=O)c2)CCO1. The van der Waals surface area contributed by atoms with Crippen LogP contribution < -0.4 is 15.8 Å². The standard InChI is InChI=1S/C16H26N4O3/c1-12(2)8-15(21)17-5-4-14-11-20(6-7-23-14)13-9-16(22)19(3)18-10-13/h9-10,12,14H,4-8,11H2,1-3H3,(H,17,21)/t14-/m0/s1. The van der Waals surface area contributed by atoms with Crippen molar-refractivity contribution in [3.8, 4) is 0 Å². The van der Waals surface area contributed by atoms with Gasteiger partial charge in [0.25, 0.3) is 5.56 Å².